The molecule has 0 aliphatic heterocycles. The molecule has 0 unspecified atom stereocenters. The van der Waals surface area contributed by atoms with Crippen molar-refractivity contribution in [2.45, 2.75) is 38.5 Å². The van der Waals surface area contributed by atoms with Crippen LogP contribution in [0.3, 0.4) is 0 Å². The van der Waals surface area contributed by atoms with E-state index >= 15 is 0 Å². The maximum atomic E-state index is 12.5. The topological polar surface area (TPSA) is 63.1 Å². The predicted molar refractivity (Wildman–Crippen MR) is 85.0 cm³/mol. The van der Waals surface area contributed by atoms with Crippen LogP contribution in [0.1, 0.15) is 43.6 Å². The molecule has 0 amide bonds. The number of aromatic nitrogens is 4. The molecule has 2 aromatic heterocycles. The van der Waals surface area contributed by atoms with Crippen LogP contribution in [0.4, 0.5) is 0 Å². The van der Waals surface area contributed by atoms with E-state index in [1.54, 1.807) is 4.52 Å². The standard InChI is InChI=1S/C17H18N4O/c1-2-13-14-17(22)19-15(11-7-4-3-5-8-11)20-21(14)16(18-13)12-9-6-10-12/h3-5,7-8,12H,2,6,9-10H2,1H3,(H,19,20,22). The van der Waals surface area contributed by atoms with Crippen molar-refractivity contribution in [1.29, 1.82) is 0 Å². The van der Waals surface area contributed by atoms with Crippen molar-refractivity contribution in [3.05, 3.63) is 52.2 Å². The summed E-state index contributed by atoms with van der Waals surface area (Å²) >= 11 is 0. The second kappa shape index (κ2) is 5.09. The molecular formula is C17H18N4O. The molecule has 5 nitrogen and oxygen atoms in total. The van der Waals surface area contributed by atoms with Gasteiger partial charge >= 0.3 is 0 Å². The Labute approximate surface area is 128 Å². The zero-order valence-corrected chi connectivity index (χ0v) is 12.5. The van der Waals surface area contributed by atoms with E-state index in [4.69, 9.17) is 4.98 Å². The second-order valence-corrected chi connectivity index (χ2v) is 5.83. The van der Waals surface area contributed by atoms with Crippen LogP contribution in [0.25, 0.3) is 16.9 Å². The van der Waals surface area contributed by atoms with Gasteiger partial charge in [0.15, 0.2) is 11.3 Å². The van der Waals surface area contributed by atoms with Crippen LogP contribution in [-0.2, 0) is 6.42 Å². The lowest BCUT2D eigenvalue weighted by Gasteiger charge is -2.23. The monoisotopic (exact) mass is 294 g/mol. The Morgan fingerprint density at radius 3 is 2.68 bits per heavy atom. The minimum Gasteiger partial charge on any atom is -0.303 e. The Hall–Kier alpha value is -2.43. The van der Waals surface area contributed by atoms with Gasteiger partial charge in [-0.2, -0.15) is 0 Å². The van der Waals surface area contributed by atoms with E-state index in [1.165, 1.54) is 6.42 Å². The smallest absolute Gasteiger partial charge is 0.277 e. The fourth-order valence-corrected chi connectivity index (χ4v) is 3.00. The SMILES string of the molecule is CCc1nc(C2CCC2)n2nc(-c3ccccc3)[nH]c(=O)c12. The number of hydrogen-bond donors (Lipinski definition) is 1. The van der Waals surface area contributed by atoms with E-state index in [1.807, 2.05) is 37.3 Å². The molecule has 0 spiro atoms. The molecule has 0 saturated heterocycles. The summed E-state index contributed by atoms with van der Waals surface area (Å²) in [5.74, 6) is 1.98. The third-order valence-electron chi connectivity index (χ3n) is 4.45. The summed E-state index contributed by atoms with van der Waals surface area (Å²) in [6, 6.07) is 9.73. The van der Waals surface area contributed by atoms with E-state index < -0.39 is 0 Å². The number of nitrogens with zero attached hydrogens (tertiary/aromatic N) is 3. The van der Waals surface area contributed by atoms with Gasteiger partial charge in [0.05, 0.1) is 5.69 Å². The van der Waals surface area contributed by atoms with Gasteiger partial charge in [-0.05, 0) is 19.3 Å². The van der Waals surface area contributed by atoms with Crippen LogP contribution in [0.2, 0.25) is 0 Å². The molecule has 5 heteroatoms. The van der Waals surface area contributed by atoms with Gasteiger partial charge in [0, 0.05) is 11.5 Å². The molecule has 2 heterocycles. The van der Waals surface area contributed by atoms with E-state index in [-0.39, 0.29) is 5.56 Å². The molecule has 1 aliphatic carbocycles. The maximum absolute atomic E-state index is 12.5. The van der Waals surface area contributed by atoms with E-state index in [2.05, 4.69) is 10.1 Å². The first-order chi connectivity index (χ1) is 10.8. The van der Waals surface area contributed by atoms with Crippen LogP contribution < -0.4 is 5.56 Å². The van der Waals surface area contributed by atoms with E-state index in [9.17, 15) is 4.79 Å². The summed E-state index contributed by atoms with van der Waals surface area (Å²) in [6.07, 6.45) is 4.25. The van der Waals surface area contributed by atoms with Crippen molar-refractivity contribution >= 4 is 5.52 Å². The number of aromatic amines is 1. The third-order valence-corrected chi connectivity index (χ3v) is 4.45. The first-order valence-corrected chi connectivity index (χ1v) is 7.85. The van der Waals surface area contributed by atoms with Crippen molar-refractivity contribution in [3.63, 3.8) is 0 Å². The molecule has 1 aliphatic rings. The van der Waals surface area contributed by atoms with Gasteiger partial charge in [0.2, 0.25) is 0 Å². The van der Waals surface area contributed by atoms with Gasteiger partial charge in [-0.3, -0.25) is 4.79 Å². The lowest BCUT2D eigenvalue weighted by Crippen LogP contribution is -2.18. The molecule has 1 N–H and O–H groups in total. The molecule has 0 atom stereocenters. The van der Waals surface area contributed by atoms with Crippen LogP contribution in [0.5, 0.6) is 0 Å². The summed E-state index contributed by atoms with van der Waals surface area (Å²) in [6.45, 7) is 2.03. The Morgan fingerprint density at radius 1 is 1.27 bits per heavy atom. The minimum absolute atomic E-state index is 0.108. The summed E-state index contributed by atoms with van der Waals surface area (Å²) < 4.78 is 1.78. The molecule has 4 rings (SSSR count). The summed E-state index contributed by atoms with van der Waals surface area (Å²) in [4.78, 5) is 20.1. The molecule has 22 heavy (non-hydrogen) atoms. The number of fused-ring (bicyclic) bond motifs is 1. The lowest BCUT2D eigenvalue weighted by molar-refractivity contribution is 0.395. The molecule has 0 bridgehead atoms. The average molecular weight is 294 g/mol. The lowest BCUT2D eigenvalue weighted by atomic mass is 9.85. The van der Waals surface area contributed by atoms with Gasteiger partial charge < -0.3 is 4.98 Å². The van der Waals surface area contributed by atoms with Gasteiger partial charge in [-0.25, -0.2) is 9.50 Å². The van der Waals surface area contributed by atoms with Crippen molar-refractivity contribution < 1.29 is 0 Å². The number of imidazole rings is 1. The second-order valence-electron chi connectivity index (χ2n) is 5.83. The average Bonchev–Trinajstić information content (AvgIpc) is 2.86. The fourth-order valence-electron chi connectivity index (χ4n) is 3.00. The first-order valence-electron chi connectivity index (χ1n) is 7.85. The zero-order chi connectivity index (χ0) is 15.1. The van der Waals surface area contributed by atoms with Crippen LogP contribution in [0, 0.1) is 0 Å². The number of aryl methyl sites for hydroxylation is 1. The van der Waals surface area contributed by atoms with Crippen LogP contribution in [-0.4, -0.2) is 19.6 Å². The Morgan fingerprint density at radius 2 is 2.05 bits per heavy atom. The number of nitrogens with one attached hydrogen (secondary N) is 1. The quantitative estimate of drug-likeness (QED) is 0.808. The number of rotatable bonds is 3. The number of benzene rings is 1. The molecule has 1 aromatic carbocycles. The van der Waals surface area contributed by atoms with Crippen molar-refractivity contribution in [3.8, 4) is 11.4 Å². The highest BCUT2D eigenvalue weighted by atomic mass is 16.1. The molecule has 1 saturated carbocycles. The number of hydrogen-bond acceptors (Lipinski definition) is 3. The molecule has 112 valence electrons. The predicted octanol–water partition coefficient (Wildman–Crippen LogP) is 2.91. The van der Waals surface area contributed by atoms with E-state index in [0.29, 0.717) is 17.3 Å². The first kappa shape index (κ1) is 13.2. The van der Waals surface area contributed by atoms with Crippen LogP contribution in [0.15, 0.2) is 35.1 Å². The largest absolute Gasteiger partial charge is 0.303 e. The highest BCUT2D eigenvalue weighted by Crippen LogP contribution is 2.36. The molecular weight excluding hydrogens is 276 g/mol. The Balaban J connectivity index is 1.98. The molecule has 1 fully saturated rings. The number of H-pyrrole nitrogens is 1. The van der Waals surface area contributed by atoms with Gasteiger partial charge in [-0.1, -0.05) is 43.7 Å². The van der Waals surface area contributed by atoms with Crippen molar-refractivity contribution in [2.24, 2.45) is 0 Å². The van der Waals surface area contributed by atoms with Crippen molar-refractivity contribution in [2.75, 3.05) is 0 Å². The zero-order valence-electron chi connectivity index (χ0n) is 12.5. The molecule has 0 radical (unpaired) electrons. The van der Waals surface area contributed by atoms with Crippen LogP contribution >= 0.6 is 0 Å². The highest BCUT2D eigenvalue weighted by molar-refractivity contribution is 5.58. The van der Waals surface area contributed by atoms with Gasteiger partial charge in [0.1, 0.15) is 5.82 Å². The minimum atomic E-state index is -0.108. The fraction of sp³-hybridized carbons (Fsp3) is 0.353. The van der Waals surface area contributed by atoms with E-state index in [0.717, 1.165) is 36.3 Å². The maximum Gasteiger partial charge on any atom is 0.277 e. The van der Waals surface area contributed by atoms with Gasteiger partial charge in [-0.15, -0.1) is 5.10 Å². The summed E-state index contributed by atoms with van der Waals surface area (Å²) in [7, 11) is 0. The highest BCUT2D eigenvalue weighted by Gasteiger charge is 2.27. The summed E-state index contributed by atoms with van der Waals surface area (Å²) in [5.41, 5.74) is 2.25. The normalized spacial score (nSPS) is 15.1. The third kappa shape index (κ3) is 1.96. The Bertz CT molecular complexity index is 875. The Kier molecular flexibility index (Phi) is 3.06. The van der Waals surface area contributed by atoms with Crippen molar-refractivity contribution in [1.82, 2.24) is 19.6 Å². The molecule has 3 aromatic rings. The van der Waals surface area contributed by atoms with Gasteiger partial charge in [0.25, 0.3) is 5.56 Å². The summed E-state index contributed by atoms with van der Waals surface area (Å²) in [5, 5.41) is 4.68.